The molecule has 8 heteroatoms. The van der Waals surface area contributed by atoms with Crippen LogP contribution in [-0.4, -0.2) is 60.6 Å². The lowest BCUT2D eigenvalue weighted by atomic mass is 10.3. The van der Waals surface area contributed by atoms with E-state index in [9.17, 15) is 4.79 Å². The molecule has 1 heterocycles. The van der Waals surface area contributed by atoms with Crippen LogP contribution in [-0.2, 0) is 9.47 Å². The van der Waals surface area contributed by atoms with E-state index in [1.54, 1.807) is 4.90 Å². The van der Waals surface area contributed by atoms with Crippen molar-refractivity contribution >= 4 is 11.7 Å². The van der Waals surface area contributed by atoms with Crippen LogP contribution in [0.3, 0.4) is 0 Å². The van der Waals surface area contributed by atoms with Crippen LogP contribution in [0, 0.1) is 0 Å². The Kier molecular flexibility index (Phi) is 6.83. The number of carbonyl (C=O) groups is 1. The lowest BCUT2D eigenvalue weighted by Gasteiger charge is -2.21. The summed E-state index contributed by atoms with van der Waals surface area (Å²) in [7, 11) is 0. The van der Waals surface area contributed by atoms with Gasteiger partial charge < -0.3 is 20.1 Å². The summed E-state index contributed by atoms with van der Waals surface area (Å²) in [5.41, 5.74) is 5.53. The van der Waals surface area contributed by atoms with E-state index >= 15 is 0 Å². The lowest BCUT2D eigenvalue weighted by Crippen LogP contribution is -2.37. The summed E-state index contributed by atoms with van der Waals surface area (Å²) < 4.78 is 14.9. The molecular weight excluding hydrogens is 252 g/mol. The molecule has 0 aliphatic heterocycles. The quantitative estimate of drug-likeness (QED) is 0.639. The molecule has 108 valence electrons. The van der Waals surface area contributed by atoms with Gasteiger partial charge in [-0.15, -0.1) is 0 Å². The first-order valence-electron chi connectivity index (χ1n) is 6.23. The summed E-state index contributed by atoms with van der Waals surface area (Å²) >= 11 is 0. The van der Waals surface area contributed by atoms with Gasteiger partial charge in [0.1, 0.15) is 0 Å². The lowest BCUT2D eigenvalue weighted by molar-refractivity contribution is 0.0542. The fraction of sp³-hybridized carbons (Fsp3) is 0.727. The number of anilines is 1. The van der Waals surface area contributed by atoms with Crippen LogP contribution in [0.15, 0.2) is 4.63 Å². The van der Waals surface area contributed by atoms with Crippen LogP contribution < -0.4 is 5.73 Å². The van der Waals surface area contributed by atoms with E-state index in [-0.39, 0.29) is 17.4 Å². The minimum Gasteiger partial charge on any atom is -0.380 e. The largest absolute Gasteiger partial charge is 0.380 e. The Morgan fingerprint density at radius 1 is 1.21 bits per heavy atom. The number of nitrogens with two attached hydrogens (primary N) is 1. The molecule has 0 spiro atoms. The summed E-state index contributed by atoms with van der Waals surface area (Å²) in [4.78, 5) is 13.7. The minimum atomic E-state index is -0.335. The molecule has 0 aromatic carbocycles. The van der Waals surface area contributed by atoms with E-state index in [1.165, 1.54) is 0 Å². The Balaban J connectivity index is 2.60. The SMILES string of the molecule is CCOCCN(CCOCC)C(=O)c1nonc1N. The van der Waals surface area contributed by atoms with E-state index in [2.05, 4.69) is 14.9 Å². The number of amides is 1. The zero-order valence-corrected chi connectivity index (χ0v) is 11.3. The summed E-state index contributed by atoms with van der Waals surface area (Å²) in [6.45, 7) is 6.75. The van der Waals surface area contributed by atoms with Gasteiger partial charge in [-0.25, -0.2) is 4.63 Å². The van der Waals surface area contributed by atoms with E-state index in [0.717, 1.165) is 0 Å². The average molecular weight is 272 g/mol. The fourth-order valence-corrected chi connectivity index (χ4v) is 1.45. The van der Waals surface area contributed by atoms with Crippen molar-refractivity contribution in [1.82, 2.24) is 15.2 Å². The number of hydrogen-bond donors (Lipinski definition) is 1. The molecule has 0 fully saturated rings. The van der Waals surface area contributed by atoms with E-state index < -0.39 is 0 Å². The van der Waals surface area contributed by atoms with Crippen molar-refractivity contribution in [2.75, 3.05) is 45.3 Å². The molecule has 1 aromatic heterocycles. The summed E-state index contributed by atoms with van der Waals surface area (Å²) in [5.74, 6) is -0.346. The van der Waals surface area contributed by atoms with Crippen LogP contribution in [0.2, 0.25) is 0 Å². The molecule has 0 radical (unpaired) electrons. The Hall–Kier alpha value is -1.67. The second-order valence-electron chi connectivity index (χ2n) is 3.68. The van der Waals surface area contributed by atoms with Crippen molar-refractivity contribution < 1.29 is 18.9 Å². The van der Waals surface area contributed by atoms with E-state index in [4.69, 9.17) is 15.2 Å². The highest BCUT2D eigenvalue weighted by Gasteiger charge is 2.22. The van der Waals surface area contributed by atoms with Crippen molar-refractivity contribution in [1.29, 1.82) is 0 Å². The smallest absolute Gasteiger partial charge is 0.280 e. The molecule has 1 rings (SSSR count). The molecule has 0 bridgehead atoms. The highest BCUT2D eigenvalue weighted by Crippen LogP contribution is 2.08. The van der Waals surface area contributed by atoms with Crippen molar-refractivity contribution in [2.24, 2.45) is 0 Å². The van der Waals surface area contributed by atoms with Gasteiger partial charge in [0, 0.05) is 26.3 Å². The third kappa shape index (κ3) is 4.84. The fourth-order valence-electron chi connectivity index (χ4n) is 1.45. The third-order valence-electron chi connectivity index (χ3n) is 2.42. The first-order valence-corrected chi connectivity index (χ1v) is 6.23. The molecule has 0 saturated heterocycles. The Morgan fingerprint density at radius 3 is 2.21 bits per heavy atom. The van der Waals surface area contributed by atoms with Crippen LogP contribution >= 0.6 is 0 Å². The number of nitrogen functional groups attached to an aromatic ring is 1. The Bertz CT molecular complexity index is 373. The maximum Gasteiger partial charge on any atom is 0.280 e. The molecule has 1 amide bonds. The van der Waals surface area contributed by atoms with Gasteiger partial charge in [0.05, 0.1) is 13.2 Å². The molecule has 19 heavy (non-hydrogen) atoms. The number of hydrogen-bond acceptors (Lipinski definition) is 7. The predicted molar refractivity (Wildman–Crippen MR) is 67.6 cm³/mol. The number of ether oxygens (including phenoxy) is 2. The topological polar surface area (TPSA) is 104 Å². The van der Waals surface area contributed by atoms with Gasteiger partial charge in [-0.3, -0.25) is 4.79 Å². The van der Waals surface area contributed by atoms with Gasteiger partial charge in [-0.05, 0) is 24.2 Å². The third-order valence-corrected chi connectivity index (χ3v) is 2.42. The van der Waals surface area contributed by atoms with E-state index in [0.29, 0.717) is 39.5 Å². The monoisotopic (exact) mass is 272 g/mol. The molecule has 1 aromatic rings. The molecule has 0 aliphatic carbocycles. The first kappa shape index (κ1) is 15.4. The maximum atomic E-state index is 12.2. The number of aromatic nitrogens is 2. The standard InChI is InChI=1S/C11H20N4O4/c1-3-17-7-5-15(6-8-18-4-2)11(16)9-10(12)14-19-13-9/h3-8H2,1-2H3,(H2,12,14). The van der Waals surface area contributed by atoms with Gasteiger partial charge in [-0.2, -0.15) is 0 Å². The highest BCUT2D eigenvalue weighted by atomic mass is 16.6. The number of nitrogens with zero attached hydrogens (tertiary/aromatic N) is 3. The van der Waals surface area contributed by atoms with Crippen LogP contribution in [0.25, 0.3) is 0 Å². The second-order valence-corrected chi connectivity index (χ2v) is 3.68. The maximum absolute atomic E-state index is 12.2. The number of rotatable bonds is 9. The summed E-state index contributed by atoms with van der Waals surface area (Å²) in [5, 5.41) is 6.90. The molecule has 8 nitrogen and oxygen atoms in total. The highest BCUT2D eigenvalue weighted by molar-refractivity contribution is 5.96. The number of carbonyl (C=O) groups excluding carboxylic acids is 1. The zero-order chi connectivity index (χ0) is 14.1. The van der Waals surface area contributed by atoms with Crippen LogP contribution in [0.4, 0.5) is 5.82 Å². The molecule has 0 atom stereocenters. The normalized spacial score (nSPS) is 10.6. The van der Waals surface area contributed by atoms with Crippen molar-refractivity contribution in [3.8, 4) is 0 Å². The van der Waals surface area contributed by atoms with Gasteiger partial charge in [0.15, 0.2) is 0 Å². The van der Waals surface area contributed by atoms with Crippen molar-refractivity contribution in [3.63, 3.8) is 0 Å². The molecule has 0 saturated carbocycles. The first-order chi connectivity index (χ1) is 9.20. The van der Waals surface area contributed by atoms with Gasteiger partial charge in [0.25, 0.3) is 5.91 Å². The van der Waals surface area contributed by atoms with E-state index in [1.807, 2.05) is 13.8 Å². The molecule has 0 unspecified atom stereocenters. The van der Waals surface area contributed by atoms with Crippen molar-refractivity contribution in [3.05, 3.63) is 5.69 Å². The molecule has 0 aliphatic rings. The van der Waals surface area contributed by atoms with Gasteiger partial charge in [0.2, 0.25) is 11.5 Å². The van der Waals surface area contributed by atoms with Crippen LogP contribution in [0.5, 0.6) is 0 Å². The summed E-state index contributed by atoms with van der Waals surface area (Å²) in [6.07, 6.45) is 0. The van der Waals surface area contributed by atoms with Gasteiger partial charge in [-0.1, -0.05) is 0 Å². The minimum absolute atomic E-state index is 0.0113. The predicted octanol–water partition coefficient (Wildman–Crippen LogP) is 0.167. The summed E-state index contributed by atoms with van der Waals surface area (Å²) in [6, 6.07) is 0. The average Bonchev–Trinajstić information content (AvgIpc) is 2.83. The molecule has 2 N–H and O–H groups in total. The Morgan fingerprint density at radius 2 is 1.79 bits per heavy atom. The second kappa shape index (κ2) is 8.44. The van der Waals surface area contributed by atoms with Crippen LogP contribution in [0.1, 0.15) is 24.3 Å². The van der Waals surface area contributed by atoms with Gasteiger partial charge >= 0.3 is 0 Å². The molecular formula is C11H20N4O4. The zero-order valence-electron chi connectivity index (χ0n) is 11.3. The van der Waals surface area contributed by atoms with Crippen molar-refractivity contribution in [2.45, 2.75) is 13.8 Å². The Labute approximate surface area is 111 Å².